The van der Waals surface area contributed by atoms with Crippen molar-refractivity contribution < 1.29 is 14.0 Å². The third-order valence-corrected chi connectivity index (χ3v) is 4.50. The smallest absolute Gasteiger partial charge is 0.276 e. The van der Waals surface area contributed by atoms with Gasteiger partial charge in [-0.2, -0.15) is 10.1 Å². The van der Waals surface area contributed by atoms with Gasteiger partial charge in [-0.1, -0.05) is 28.9 Å². The van der Waals surface area contributed by atoms with Crippen LogP contribution < -0.4 is 9.47 Å². The van der Waals surface area contributed by atoms with E-state index in [1.54, 1.807) is 20.3 Å². The first kappa shape index (κ1) is 17.8. The lowest BCUT2D eigenvalue weighted by Crippen LogP contribution is -1.89. The van der Waals surface area contributed by atoms with E-state index in [-0.39, 0.29) is 0 Å². The summed E-state index contributed by atoms with van der Waals surface area (Å²) in [7, 11) is 3.19. The van der Waals surface area contributed by atoms with Gasteiger partial charge in [-0.25, -0.2) is 0 Å². The number of nitrogens with zero attached hydrogens (tertiary/aromatic N) is 3. The fraction of sp³-hybridized carbons (Fsp3) is 0.190. The molecule has 28 heavy (non-hydrogen) atoms. The van der Waals surface area contributed by atoms with E-state index in [4.69, 9.17) is 14.0 Å². The molecule has 0 spiro atoms. The Kier molecular flexibility index (Phi) is 4.57. The monoisotopic (exact) mass is 376 g/mol. The zero-order chi connectivity index (χ0) is 19.7. The fourth-order valence-electron chi connectivity index (χ4n) is 3.06. The molecule has 0 amide bonds. The molecule has 2 aromatic heterocycles. The summed E-state index contributed by atoms with van der Waals surface area (Å²) in [4.78, 5) is 4.48. The average Bonchev–Trinajstić information content (AvgIpc) is 3.37. The molecule has 0 unspecified atom stereocenters. The topological polar surface area (TPSA) is 86.1 Å². The third-order valence-electron chi connectivity index (χ3n) is 4.50. The summed E-state index contributed by atoms with van der Waals surface area (Å²) in [6.45, 7) is 4.14. The Morgan fingerprint density at radius 3 is 2.36 bits per heavy atom. The molecule has 0 bridgehead atoms. The van der Waals surface area contributed by atoms with E-state index in [1.807, 2.05) is 18.2 Å². The number of methoxy groups -OCH3 is 2. The van der Waals surface area contributed by atoms with E-state index in [9.17, 15) is 0 Å². The normalized spacial score (nSPS) is 10.9. The van der Waals surface area contributed by atoms with Gasteiger partial charge in [-0.3, -0.25) is 5.10 Å². The molecule has 7 heteroatoms. The van der Waals surface area contributed by atoms with Gasteiger partial charge in [0.05, 0.1) is 19.9 Å². The van der Waals surface area contributed by atoms with Crippen molar-refractivity contribution >= 4 is 0 Å². The van der Waals surface area contributed by atoms with Gasteiger partial charge in [-0.05, 0) is 37.6 Å². The van der Waals surface area contributed by atoms with E-state index in [0.717, 1.165) is 22.4 Å². The van der Waals surface area contributed by atoms with E-state index >= 15 is 0 Å². The van der Waals surface area contributed by atoms with Gasteiger partial charge in [0.15, 0.2) is 0 Å². The summed E-state index contributed by atoms with van der Waals surface area (Å²) in [5.41, 5.74) is 5.66. The number of aromatic nitrogens is 4. The minimum absolute atomic E-state index is 0.361. The molecule has 4 rings (SSSR count). The zero-order valence-electron chi connectivity index (χ0n) is 16.1. The van der Waals surface area contributed by atoms with E-state index < -0.39 is 0 Å². The molecule has 142 valence electrons. The van der Waals surface area contributed by atoms with E-state index in [1.165, 1.54) is 5.56 Å². The van der Waals surface area contributed by atoms with Crippen LogP contribution in [0, 0.1) is 13.8 Å². The summed E-state index contributed by atoms with van der Waals surface area (Å²) in [5, 5.41) is 11.5. The van der Waals surface area contributed by atoms with Crippen molar-refractivity contribution in [3.8, 4) is 45.7 Å². The minimum atomic E-state index is 0.361. The summed E-state index contributed by atoms with van der Waals surface area (Å²) < 4.78 is 16.0. The van der Waals surface area contributed by atoms with Crippen LogP contribution in [-0.2, 0) is 0 Å². The van der Waals surface area contributed by atoms with Gasteiger partial charge in [-0.15, -0.1) is 0 Å². The maximum Gasteiger partial charge on any atom is 0.276 e. The number of H-pyrrole nitrogens is 1. The number of hydrogen-bond donors (Lipinski definition) is 1. The van der Waals surface area contributed by atoms with Crippen LogP contribution in [0.2, 0.25) is 0 Å². The standard InChI is InChI=1S/C21H20N4O3/c1-12-5-6-17(13(2)7-12)18-11-19(24-23-18)21-22-20(25-28-21)14-8-15(26-3)10-16(9-14)27-4/h5-11H,1-4H3,(H,23,24). The SMILES string of the molecule is COc1cc(OC)cc(-c2noc(-c3cc(-c4ccc(C)cc4C)n[nH]3)n2)c1. The molecule has 7 nitrogen and oxygen atoms in total. The zero-order valence-corrected chi connectivity index (χ0v) is 16.1. The first-order chi connectivity index (χ1) is 13.6. The molecule has 0 aliphatic carbocycles. The van der Waals surface area contributed by atoms with Crippen molar-refractivity contribution in [3.05, 3.63) is 53.6 Å². The summed E-state index contributed by atoms with van der Waals surface area (Å²) in [6.07, 6.45) is 0. The maximum absolute atomic E-state index is 5.44. The van der Waals surface area contributed by atoms with Crippen molar-refractivity contribution in [1.29, 1.82) is 0 Å². The molecule has 4 aromatic rings. The molecular weight excluding hydrogens is 356 g/mol. The van der Waals surface area contributed by atoms with E-state index in [0.29, 0.717) is 28.9 Å². The lowest BCUT2D eigenvalue weighted by molar-refractivity contribution is 0.394. The van der Waals surface area contributed by atoms with Crippen molar-refractivity contribution in [2.75, 3.05) is 14.2 Å². The van der Waals surface area contributed by atoms with E-state index in [2.05, 4.69) is 52.4 Å². The number of rotatable bonds is 5. The largest absolute Gasteiger partial charge is 0.497 e. The number of hydrogen-bond acceptors (Lipinski definition) is 6. The second-order valence-corrected chi connectivity index (χ2v) is 6.51. The molecule has 0 saturated carbocycles. The van der Waals surface area contributed by atoms with Crippen molar-refractivity contribution in [3.63, 3.8) is 0 Å². The highest BCUT2D eigenvalue weighted by Gasteiger charge is 2.16. The molecular formula is C21H20N4O3. The molecule has 0 fully saturated rings. The first-order valence-corrected chi connectivity index (χ1v) is 8.78. The molecule has 1 N–H and O–H groups in total. The first-order valence-electron chi connectivity index (χ1n) is 8.78. The fourth-order valence-corrected chi connectivity index (χ4v) is 3.06. The van der Waals surface area contributed by atoms with Gasteiger partial charge >= 0.3 is 0 Å². The Morgan fingerprint density at radius 1 is 0.929 bits per heavy atom. The van der Waals surface area contributed by atoms with Gasteiger partial charge in [0.25, 0.3) is 5.89 Å². The molecule has 0 aliphatic rings. The quantitative estimate of drug-likeness (QED) is 0.555. The number of aryl methyl sites for hydroxylation is 2. The molecule has 2 aromatic carbocycles. The lowest BCUT2D eigenvalue weighted by atomic mass is 10.0. The number of nitrogens with one attached hydrogen (secondary N) is 1. The minimum Gasteiger partial charge on any atom is -0.497 e. The summed E-state index contributed by atoms with van der Waals surface area (Å²) in [5.74, 6) is 2.11. The van der Waals surface area contributed by atoms with Crippen LogP contribution in [0.5, 0.6) is 11.5 Å². The highest BCUT2D eigenvalue weighted by Crippen LogP contribution is 2.30. The lowest BCUT2D eigenvalue weighted by Gasteiger charge is -2.05. The van der Waals surface area contributed by atoms with Crippen LogP contribution in [0.3, 0.4) is 0 Å². The van der Waals surface area contributed by atoms with Crippen LogP contribution in [-0.4, -0.2) is 34.6 Å². The second kappa shape index (κ2) is 7.19. The Balaban J connectivity index is 1.66. The van der Waals surface area contributed by atoms with Gasteiger partial charge in [0.2, 0.25) is 5.82 Å². The number of ether oxygens (including phenoxy) is 2. The molecule has 0 aliphatic heterocycles. The van der Waals surface area contributed by atoms with Crippen LogP contribution in [0.15, 0.2) is 47.0 Å². The Morgan fingerprint density at radius 2 is 1.68 bits per heavy atom. The maximum atomic E-state index is 5.44. The predicted octanol–water partition coefficient (Wildman–Crippen LogP) is 4.43. The van der Waals surface area contributed by atoms with Gasteiger partial charge < -0.3 is 14.0 Å². The third kappa shape index (κ3) is 3.34. The van der Waals surface area contributed by atoms with Gasteiger partial charge in [0.1, 0.15) is 17.2 Å². The van der Waals surface area contributed by atoms with Crippen LogP contribution >= 0.6 is 0 Å². The van der Waals surface area contributed by atoms with Crippen molar-refractivity contribution in [1.82, 2.24) is 20.3 Å². The number of aromatic amines is 1. The molecule has 2 heterocycles. The second-order valence-electron chi connectivity index (χ2n) is 6.51. The summed E-state index contributed by atoms with van der Waals surface area (Å²) >= 11 is 0. The molecule has 0 atom stereocenters. The highest BCUT2D eigenvalue weighted by molar-refractivity contribution is 5.68. The Labute approximate surface area is 162 Å². The van der Waals surface area contributed by atoms with Crippen molar-refractivity contribution in [2.24, 2.45) is 0 Å². The predicted molar refractivity (Wildman–Crippen MR) is 105 cm³/mol. The Bertz CT molecular complexity index is 1110. The van der Waals surface area contributed by atoms with Crippen LogP contribution in [0.1, 0.15) is 11.1 Å². The average molecular weight is 376 g/mol. The van der Waals surface area contributed by atoms with Gasteiger partial charge in [0, 0.05) is 17.2 Å². The molecule has 0 radical (unpaired) electrons. The van der Waals surface area contributed by atoms with Crippen molar-refractivity contribution in [2.45, 2.75) is 13.8 Å². The van der Waals surface area contributed by atoms with Crippen LogP contribution in [0.25, 0.3) is 34.2 Å². The molecule has 0 saturated heterocycles. The highest BCUT2D eigenvalue weighted by atomic mass is 16.5. The van der Waals surface area contributed by atoms with Crippen LogP contribution in [0.4, 0.5) is 0 Å². The Hall–Kier alpha value is -3.61. The number of benzene rings is 2. The summed E-state index contributed by atoms with van der Waals surface area (Å²) in [6, 6.07) is 13.6.